The van der Waals surface area contributed by atoms with Crippen LogP contribution in [0.1, 0.15) is 31.0 Å². The zero-order valence-electron chi connectivity index (χ0n) is 18.7. The van der Waals surface area contributed by atoms with Crippen LogP contribution in [0.4, 0.5) is 0 Å². The first-order valence-corrected chi connectivity index (χ1v) is 11.3. The van der Waals surface area contributed by atoms with Crippen molar-refractivity contribution in [3.8, 4) is 5.75 Å². The van der Waals surface area contributed by atoms with Crippen molar-refractivity contribution in [3.63, 3.8) is 0 Å². The molecule has 0 saturated carbocycles. The van der Waals surface area contributed by atoms with Crippen LogP contribution in [0.15, 0.2) is 88.3 Å². The van der Waals surface area contributed by atoms with Crippen molar-refractivity contribution >= 4 is 29.4 Å². The lowest BCUT2D eigenvalue weighted by molar-refractivity contribution is -0.138. The third-order valence-electron chi connectivity index (χ3n) is 5.11. The van der Waals surface area contributed by atoms with Gasteiger partial charge in [-0.15, -0.1) is 0 Å². The van der Waals surface area contributed by atoms with Crippen LogP contribution in [0.2, 0.25) is 0 Å². The lowest BCUT2D eigenvalue weighted by Gasteiger charge is -2.24. The van der Waals surface area contributed by atoms with Gasteiger partial charge in [0.15, 0.2) is 4.80 Å². The van der Waals surface area contributed by atoms with E-state index in [4.69, 9.17) is 9.47 Å². The standard InChI is InChI=1S/C26H22N2O5S/c1-4-13-32-25(31)22-16(2)27-26-28(23(22)19-10-6-5-7-11-19)24(30)21(34-26)15-18-9-8-12-20(14-18)33-17(3)29/h4-12,14-15,23H,1,13H2,2-3H3/b21-15-. The van der Waals surface area contributed by atoms with Gasteiger partial charge in [-0.25, -0.2) is 9.79 Å². The number of ether oxygens (including phenoxy) is 2. The molecule has 3 aromatic rings. The highest BCUT2D eigenvalue weighted by Crippen LogP contribution is 2.30. The number of carbonyl (C=O) groups is 2. The third-order valence-corrected chi connectivity index (χ3v) is 6.09. The smallest absolute Gasteiger partial charge is 0.338 e. The Balaban J connectivity index is 1.88. The van der Waals surface area contributed by atoms with Gasteiger partial charge in [0.1, 0.15) is 12.4 Å². The molecule has 0 N–H and O–H groups in total. The third kappa shape index (κ3) is 4.67. The predicted octanol–water partition coefficient (Wildman–Crippen LogP) is 2.89. The fourth-order valence-corrected chi connectivity index (χ4v) is 4.78. The number of aromatic nitrogens is 1. The second kappa shape index (κ2) is 9.84. The molecule has 2 heterocycles. The van der Waals surface area contributed by atoms with Gasteiger partial charge >= 0.3 is 11.9 Å². The lowest BCUT2D eigenvalue weighted by Crippen LogP contribution is -2.39. The normalized spacial score (nSPS) is 15.4. The quantitative estimate of drug-likeness (QED) is 0.312. The molecule has 4 rings (SSSR count). The molecule has 1 atom stereocenters. The van der Waals surface area contributed by atoms with Gasteiger partial charge in [-0.05, 0) is 36.3 Å². The average molecular weight is 475 g/mol. The molecule has 1 aliphatic rings. The SMILES string of the molecule is C=CCOC(=O)C1=C(C)N=c2s/c(=C\c3cccc(OC(C)=O)c3)c(=O)n2C1c1ccccc1. The maximum Gasteiger partial charge on any atom is 0.338 e. The second-order valence-corrected chi connectivity index (χ2v) is 8.55. The molecule has 0 spiro atoms. The molecule has 0 radical (unpaired) electrons. The lowest BCUT2D eigenvalue weighted by atomic mass is 9.96. The molecule has 0 fully saturated rings. The minimum atomic E-state index is -0.677. The zero-order chi connectivity index (χ0) is 24.2. The van der Waals surface area contributed by atoms with Gasteiger partial charge in [-0.2, -0.15) is 0 Å². The minimum absolute atomic E-state index is 0.0558. The molecule has 34 heavy (non-hydrogen) atoms. The number of thiazole rings is 1. The van der Waals surface area contributed by atoms with Gasteiger partial charge in [0.05, 0.1) is 21.8 Å². The maximum absolute atomic E-state index is 13.6. The topological polar surface area (TPSA) is 87.0 Å². The van der Waals surface area contributed by atoms with Gasteiger partial charge in [-0.1, -0.05) is 66.5 Å². The van der Waals surface area contributed by atoms with Crippen molar-refractivity contribution in [1.82, 2.24) is 4.57 Å². The fourth-order valence-electron chi connectivity index (χ4n) is 3.73. The molecule has 1 unspecified atom stereocenters. The Morgan fingerprint density at radius 3 is 2.65 bits per heavy atom. The summed E-state index contributed by atoms with van der Waals surface area (Å²) in [5, 5.41) is 0. The van der Waals surface area contributed by atoms with Gasteiger partial charge in [0.2, 0.25) is 0 Å². The first-order valence-electron chi connectivity index (χ1n) is 10.5. The Morgan fingerprint density at radius 1 is 1.18 bits per heavy atom. The highest BCUT2D eigenvalue weighted by Gasteiger charge is 2.33. The van der Waals surface area contributed by atoms with E-state index >= 15 is 0 Å². The Labute approximate surface area is 199 Å². The van der Waals surface area contributed by atoms with Crippen molar-refractivity contribution in [1.29, 1.82) is 0 Å². The van der Waals surface area contributed by atoms with E-state index in [-0.39, 0.29) is 12.2 Å². The van der Waals surface area contributed by atoms with Crippen molar-refractivity contribution in [2.24, 2.45) is 4.99 Å². The number of benzene rings is 2. The van der Waals surface area contributed by atoms with E-state index < -0.39 is 18.0 Å². The van der Waals surface area contributed by atoms with Crippen LogP contribution in [0.5, 0.6) is 5.75 Å². The number of carbonyl (C=O) groups excluding carboxylic acids is 2. The molecule has 8 heteroatoms. The summed E-state index contributed by atoms with van der Waals surface area (Å²) in [6, 6.07) is 15.5. The number of esters is 2. The number of hydrogen-bond acceptors (Lipinski definition) is 7. The summed E-state index contributed by atoms with van der Waals surface area (Å²) < 4.78 is 12.4. The molecule has 2 aromatic carbocycles. The van der Waals surface area contributed by atoms with Crippen molar-refractivity contribution in [3.05, 3.63) is 109 Å². The number of fused-ring (bicyclic) bond motifs is 1. The molecule has 1 aliphatic heterocycles. The van der Waals surface area contributed by atoms with E-state index in [9.17, 15) is 14.4 Å². The average Bonchev–Trinajstić information content (AvgIpc) is 3.11. The molecule has 0 saturated heterocycles. The molecule has 7 nitrogen and oxygen atoms in total. The summed E-state index contributed by atoms with van der Waals surface area (Å²) in [6.07, 6.45) is 3.21. The van der Waals surface area contributed by atoms with Crippen LogP contribution in [-0.2, 0) is 14.3 Å². The van der Waals surface area contributed by atoms with Crippen LogP contribution in [0, 0.1) is 0 Å². The van der Waals surface area contributed by atoms with E-state index in [0.717, 1.165) is 5.56 Å². The monoisotopic (exact) mass is 474 g/mol. The highest BCUT2D eigenvalue weighted by molar-refractivity contribution is 7.07. The molecule has 0 amide bonds. The van der Waals surface area contributed by atoms with Crippen LogP contribution < -0.4 is 19.6 Å². The first kappa shape index (κ1) is 23.1. The zero-order valence-corrected chi connectivity index (χ0v) is 19.5. The van der Waals surface area contributed by atoms with E-state index in [1.54, 1.807) is 31.2 Å². The number of nitrogens with zero attached hydrogens (tertiary/aromatic N) is 2. The molecule has 172 valence electrons. The van der Waals surface area contributed by atoms with E-state index in [1.165, 1.54) is 28.9 Å². The summed E-state index contributed by atoms with van der Waals surface area (Å²) >= 11 is 1.23. The van der Waals surface area contributed by atoms with Gasteiger partial charge in [0.25, 0.3) is 5.56 Å². The Bertz CT molecular complexity index is 1480. The van der Waals surface area contributed by atoms with E-state index in [2.05, 4.69) is 11.6 Å². The van der Waals surface area contributed by atoms with Gasteiger partial charge < -0.3 is 9.47 Å². The van der Waals surface area contributed by atoms with Gasteiger partial charge in [-0.3, -0.25) is 14.2 Å². The number of hydrogen-bond donors (Lipinski definition) is 0. The molecule has 0 bridgehead atoms. The fraction of sp³-hybridized carbons (Fsp3) is 0.154. The molecular weight excluding hydrogens is 452 g/mol. The molecular formula is C26H22N2O5S. The molecule has 0 aliphatic carbocycles. The molecule has 1 aromatic heterocycles. The van der Waals surface area contributed by atoms with E-state index in [0.29, 0.717) is 31.9 Å². The minimum Gasteiger partial charge on any atom is -0.458 e. The van der Waals surface area contributed by atoms with Crippen molar-refractivity contribution in [2.75, 3.05) is 6.61 Å². The second-order valence-electron chi connectivity index (χ2n) is 7.55. The summed E-state index contributed by atoms with van der Waals surface area (Å²) in [5.41, 5.74) is 1.99. The number of allylic oxidation sites excluding steroid dienone is 1. The van der Waals surface area contributed by atoms with Crippen molar-refractivity contribution < 1.29 is 19.1 Å². The van der Waals surface area contributed by atoms with Crippen LogP contribution in [-0.4, -0.2) is 23.1 Å². The summed E-state index contributed by atoms with van der Waals surface area (Å²) in [4.78, 5) is 42.8. The predicted molar refractivity (Wildman–Crippen MR) is 129 cm³/mol. The van der Waals surface area contributed by atoms with Crippen LogP contribution in [0.25, 0.3) is 6.08 Å². The summed E-state index contributed by atoms with van der Waals surface area (Å²) in [6.45, 7) is 6.71. The largest absolute Gasteiger partial charge is 0.458 e. The van der Waals surface area contributed by atoms with Crippen LogP contribution in [0.3, 0.4) is 0 Å². The first-order chi connectivity index (χ1) is 16.4. The maximum atomic E-state index is 13.6. The summed E-state index contributed by atoms with van der Waals surface area (Å²) in [5.74, 6) is -0.580. The van der Waals surface area contributed by atoms with Crippen LogP contribution >= 0.6 is 11.3 Å². The number of rotatable bonds is 6. The van der Waals surface area contributed by atoms with Crippen molar-refractivity contribution in [2.45, 2.75) is 19.9 Å². The van der Waals surface area contributed by atoms with E-state index in [1.807, 2.05) is 36.4 Å². The van der Waals surface area contributed by atoms with Gasteiger partial charge in [0, 0.05) is 6.92 Å². The Kier molecular flexibility index (Phi) is 6.70. The Hall–Kier alpha value is -4.04. The highest BCUT2D eigenvalue weighted by atomic mass is 32.1. The Morgan fingerprint density at radius 2 is 1.94 bits per heavy atom. The summed E-state index contributed by atoms with van der Waals surface area (Å²) in [7, 11) is 0.